The summed E-state index contributed by atoms with van der Waals surface area (Å²) in [6, 6.07) is 13.4. The Labute approximate surface area is 126 Å². The number of benzene rings is 1. The van der Waals surface area contributed by atoms with E-state index >= 15 is 0 Å². The average Bonchev–Trinajstić information content (AvgIpc) is 2.98. The van der Waals surface area contributed by atoms with Crippen molar-refractivity contribution in [1.29, 1.82) is 0 Å². The van der Waals surface area contributed by atoms with Gasteiger partial charge < -0.3 is 0 Å². The van der Waals surface area contributed by atoms with Crippen LogP contribution in [0.5, 0.6) is 0 Å². The van der Waals surface area contributed by atoms with Gasteiger partial charge in [-0.25, -0.2) is 9.67 Å². The molecule has 4 nitrogen and oxygen atoms in total. The van der Waals surface area contributed by atoms with Gasteiger partial charge in [-0.05, 0) is 19.9 Å². The molecular weight excluding hydrogens is 282 g/mol. The maximum Gasteiger partial charge on any atom is 0.267 e. The molecule has 0 saturated carbocycles. The Morgan fingerprint density at radius 2 is 1.86 bits per heavy atom. The zero-order valence-electron chi connectivity index (χ0n) is 11.9. The third kappa shape index (κ3) is 2.64. The van der Waals surface area contributed by atoms with E-state index in [0.29, 0.717) is 0 Å². The normalized spacial score (nSPS) is 11.0. The van der Waals surface area contributed by atoms with E-state index in [0.717, 1.165) is 21.8 Å². The summed E-state index contributed by atoms with van der Waals surface area (Å²) >= 11 is 1.53. The van der Waals surface area contributed by atoms with Gasteiger partial charge in [0.1, 0.15) is 5.69 Å². The van der Waals surface area contributed by atoms with Gasteiger partial charge in [0.25, 0.3) is 5.56 Å². The van der Waals surface area contributed by atoms with Gasteiger partial charge in [-0.2, -0.15) is 5.10 Å². The second-order valence-electron chi connectivity index (χ2n) is 4.99. The second-order valence-corrected chi connectivity index (χ2v) is 5.85. The molecule has 21 heavy (non-hydrogen) atoms. The molecule has 0 bridgehead atoms. The van der Waals surface area contributed by atoms with E-state index in [1.54, 1.807) is 12.1 Å². The van der Waals surface area contributed by atoms with E-state index in [1.807, 2.05) is 49.7 Å². The van der Waals surface area contributed by atoms with Gasteiger partial charge >= 0.3 is 0 Å². The van der Waals surface area contributed by atoms with Gasteiger partial charge in [0, 0.05) is 11.6 Å². The predicted octanol–water partition coefficient (Wildman–Crippen LogP) is 3.61. The molecule has 2 heterocycles. The fourth-order valence-corrected chi connectivity index (χ4v) is 2.92. The van der Waals surface area contributed by atoms with E-state index in [2.05, 4.69) is 10.1 Å². The molecule has 3 rings (SSSR count). The monoisotopic (exact) mass is 297 g/mol. The molecule has 0 amide bonds. The number of thiazole rings is 1. The first-order valence-electron chi connectivity index (χ1n) is 6.76. The lowest BCUT2D eigenvalue weighted by Crippen LogP contribution is -2.23. The molecule has 0 N–H and O–H groups in total. The lowest BCUT2D eigenvalue weighted by atomic mass is 10.1. The van der Waals surface area contributed by atoms with Crippen LogP contribution >= 0.6 is 11.3 Å². The van der Waals surface area contributed by atoms with Crippen LogP contribution in [0.1, 0.15) is 19.9 Å². The van der Waals surface area contributed by atoms with Gasteiger partial charge in [0.15, 0.2) is 0 Å². The lowest BCUT2D eigenvalue weighted by molar-refractivity contribution is 0.505. The molecule has 0 aliphatic rings. The Bertz CT molecular complexity index is 806. The third-order valence-electron chi connectivity index (χ3n) is 3.16. The minimum Gasteiger partial charge on any atom is -0.268 e. The summed E-state index contributed by atoms with van der Waals surface area (Å²) in [4.78, 5) is 17.3. The number of hydrogen-bond acceptors (Lipinski definition) is 4. The molecular formula is C16H15N3OS. The van der Waals surface area contributed by atoms with Gasteiger partial charge in [-0.1, -0.05) is 30.3 Å². The average molecular weight is 297 g/mol. The summed E-state index contributed by atoms with van der Waals surface area (Å²) < 4.78 is 1.50. The van der Waals surface area contributed by atoms with Gasteiger partial charge in [0.05, 0.1) is 22.1 Å². The Balaban J connectivity index is 2.13. The van der Waals surface area contributed by atoms with Crippen LogP contribution in [-0.2, 0) is 0 Å². The maximum atomic E-state index is 11.8. The van der Waals surface area contributed by atoms with Gasteiger partial charge in [-0.15, -0.1) is 11.3 Å². The third-order valence-corrected chi connectivity index (χ3v) is 4.01. The van der Waals surface area contributed by atoms with Crippen molar-refractivity contribution in [2.24, 2.45) is 0 Å². The number of nitrogens with zero attached hydrogens (tertiary/aromatic N) is 3. The molecule has 0 fully saturated rings. The summed E-state index contributed by atoms with van der Waals surface area (Å²) in [6.07, 6.45) is 0. The summed E-state index contributed by atoms with van der Waals surface area (Å²) in [6.45, 7) is 3.89. The Morgan fingerprint density at radius 1 is 1.10 bits per heavy atom. The Hall–Kier alpha value is -2.27. The van der Waals surface area contributed by atoms with Crippen LogP contribution in [0.25, 0.3) is 21.8 Å². The Kier molecular flexibility index (Phi) is 3.66. The molecule has 3 aromatic rings. The van der Waals surface area contributed by atoms with Crippen LogP contribution in [0, 0.1) is 0 Å². The maximum absolute atomic E-state index is 11.8. The van der Waals surface area contributed by atoms with Crippen molar-refractivity contribution in [3.63, 3.8) is 0 Å². The highest BCUT2D eigenvalue weighted by atomic mass is 32.1. The first kappa shape index (κ1) is 13.7. The van der Waals surface area contributed by atoms with Crippen molar-refractivity contribution < 1.29 is 0 Å². The fourth-order valence-electron chi connectivity index (χ4n) is 2.15. The van der Waals surface area contributed by atoms with Crippen molar-refractivity contribution in [3.05, 3.63) is 58.3 Å². The summed E-state index contributed by atoms with van der Waals surface area (Å²) in [5.74, 6) is 0. The van der Waals surface area contributed by atoms with Gasteiger partial charge in [-0.3, -0.25) is 4.79 Å². The van der Waals surface area contributed by atoms with Crippen molar-refractivity contribution >= 4 is 11.3 Å². The van der Waals surface area contributed by atoms with Crippen LogP contribution < -0.4 is 5.56 Å². The SMILES string of the molecule is CC(C)n1nc(-c2scnc2-c2ccccc2)ccc1=O. The Morgan fingerprint density at radius 3 is 2.57 bits per heavy atom. The topological polar surface area (TPSA) is 47.8 Å². The molecule has 0 saturated heterocycles. The molecule has 0 spiro atoms. The molecule has 0 unspecified atom stereocenters. The second kappa shape index (κ2) is 5.61. The number of rotatable bonds is 3. The summed E-state index contributed by atoms with van der Waals surface area (Å²) in [5.41, 5.74) is 4.47. The van der Waals surface area contributed by atoms with E-state index in [4.69, 9.17) is 0 Å². The molecule has 1 aromatic carbocycles. The molecule has 0 radical (unpaired) electrons. The number of hydrogen-bond donors (Lipinski definition) is 0. The molecule has 0 aliphatic heterocycles. The van der Waals surface area contributed by atoms with Crippen LogP contribution in [0.4, 0.5) is 0 Å². The zero-order valence-corrected chi connectivity index (χ0v) is 12.7. The van der Waals surface area contributed by atoms with Gasteiger partial charge in [0.2, 0.25) is 0 Å². The minimum absolute atomic E-state index is 0.0329. The first-order chi connectivity index (χ1) is 10.2. The van der Waals surface area contributed by atoms with E-state index in [9.17, 15) is 4.79 Å². The predicted molar refractivity (Wildman–Crippen MR) is 85.4 cm³/mol. The lowest BCUT2D eigenvalue weighted by Gasteiger charge is -2.09. The molecule has 2 aromatic heterocycles. The quantitative estimate of drug-likeness (QED) is 0.742. The van der Waals surface area contributed by atoms with Crippen LogP contribution in [0.15, 0.2) is 52.8 Å². The van der Waals surface area contributed by atoms with Crippen LogP contribution in [0.2, 0.25) is 0 Å². The van der Waals surface area contributed by atoms with Crippen molar-refractivity contribution in [2.45, 2.75) is 19.9 Å². The molecule has 106 valence electrons. The minimum atomic E-state index is -0.0838. The highest BCUT2D eigenvalue weighted by Crippen LogP contribution is 2.32. The van der Waals surface area contributed by atoms with Crippen molar-refractivity contribution in [1.82, 2.24) is 14.8 Å². The highest BCUT2D eigenvalue weighted by Gasteiger charge is 2.13. The first-order valence-corrected chi connectivity index (χ1v) is 7.64. The summed E-state index contributed by atoms with van der Waals surface area (Å²) in [5, 5.41) is 4.48. The van der Waals surface area contributed by atoms with E-state index in [-0.39, 0.29) is 11.6 Å². The molecule has 0 aliphatic carbocycles. The van der Waals surface area contributed by atoms with E-state index < -0.39 is 0 Å². The molecule has 5 heteroatoms. The van der Waals surface area contributed by atoms with Crippen LogP contribution in [-0.4, -0.2) is 14.8 Å². The standard InChI is InChI=1S/C16H15N3OS/c1-11(2)19-14(20)9-8-13(18-19)16-15(17-10-21-16)12-6-4-3-5-7-12/h3-11H,1-2H3. The largest absolute Gasteiger partial charge is 0.268 e. The number of aromatic nitrogens is 3. The van der Waals surface area contributed by atoms with Crippen LogP contribution in [0.3, 0.4) is 0 Å². The van der Waals surface area contributed by atoms with Crippen molar-refractivity contribution in [3.8, 4) is 21.8 Å². The highest BCUT2D eigenvalue weighted by molar-refractivity contribution is 7.13. The summed E-state index contributed by atoms with van der Waals surface area (Å²) in [7, 11) is 0. The zero-order chi connectivity index (χ0) is 14.8. The van der Waals surface area contributed by atoms with E-state index in [1.165, 1.54) is 16.0 Å². The smallest absolute Gasteiger partial charge is 0.267 e. The molecule has 0 atom stereocenters. The van der Waals surface area contributed by atoms with Crippen molar-refractivity contribution in [2.75, 3.05) is 0 Å². The fraction of sp³-hybridized carbons (Fsp3) is 0.188.